The van der Waals surface area contributed by atoms with Gasteiger partial charge in [-0.05, 0) is 45.2 Å². The summed E-state index contributed by atoms with van der Waals surface area (Å²) in [5.41, 5.74) is 3.32. The van der Waals surface area contributed by atoms with E-state index in [1.54, 1.807) is 0 Å². The highest BCUT2D eigenvalue weighted by atomic mass is 16.5. The number of benzene rings is 1. The Bertz CT molecular complexity index is 520. The van der Waals surface area contributed by atoms with E-state index < -0.39 is 0 Å². The molecule has 1 heterocycles. The molecule has 3 nitrogen and oxygen atoms in total. The second kappa shape index (κ2) is 6.61. The first-order chi connectivity index (χ1) is 9.94. The van der Waals surface area contributed by atoms with Gasteiger partial charge in [0, 0.05) is 12.2 Å². The lowest BCUT2D eigenvalue weighted by Crippen LogP contribution is -2.17. The third-order valence-corrected chi connectivity index (χ3v) is 3.79. The van der Waals surface area contributed by atoms with E-state index in [0.29, 0.717) is 6.61 Å². The number of aliphatic imine (C=N–C) groups is 1. The molecule has 1 aliphatic heterocycles. The van der Waals surface area contributed by atoms with Gasteiger partial charge in [0.15, 0.2) is 0 Å². The van der Waals surface area contributed by atoms with Gasteiger partial charge < -0.3 is 9.47 Å². The lowest BCUT2D eigenvalue weighted by Gasteiger charge is -2.18. The Hall–Kier alpha value is -1.35. The molecule has 0 radical (unpaired) electrons. The normalized spacial score (nSPS) is 18.2. The Morgan fingerprint density at radius 3 is 2.76 bits per heavy atom. The summed E-state index contributed by atoms with van der Waals surface area (Å²) >= 11 is 0. The molecule has 1 aliphatic rings. The second-order valence-corrected chi connectivity index (χ2v) is 6.42. The maximum atomic E-state index is 5.97. The van der Waals surface area contributed by atoms with Gasteiger partial charge in [0.25, 0.3) is 0 Å². The molecule has 0 saturated heterocycles. The SMILES string of the molecule is CCCCOC(C)c1cccc(C)c1C1=NC(C)(C)CO1. The summed E-state index contributed by atoms with van der Waals surface area (Å²) in [4.78, 5) is 4.73. The second-order valence-electron chi connectivity index (χ2n) is 6.42. The van der Waals surface area contributed by atoms with Crippen molar-refractivity contribution >= 4 is 5.90 Å². The molecule has 21 heavy (non-hydrogen) atoms. The monoisotopic (exact) mass is 289 g/mol. The van der Waals surface area contributed by atoms with Crippen LogP contribution in [0.5, 0.6) is 0 Å². The van der Waals surface area contributed by atoms with Crippen molar-refractivity contribution in [2.45, 2.75) is 59.1 Å². The molecule has 0 N–H and O–H groups in total. The molecule has 1 aromatic rings. The summed E-state index contributed by atoms with van der Waals surface area (Å²) < 4.78 is 11.8. The topological polar surface area (TPSA) is 30.8 Å². The van der Waals surface area contributed by atoms with Crippen molar-refractivity contribution in [3.63, 3.8) is 0 Å². The van der Waals surface area contributed by atoms with Crippen LogP contribution in [0.15, 0.2) is 23.2 Å². The van der Waals surface area contributed by atoms with Crippen molar-refractivity contribution < 1.29 is 9.47 Å². The highest BCUT2D eigenvalue weighted by Crippen LogP contribution is 2.29. The molecule has 116 valence electrons. The molecule has 1 atom stereocenters. The van der Waals surface area contributed by atoms with Gasteiger partial charge in [-0.3, -0.25) is 0 Å². The molecule has 1 aromatic carbocycles. The van der Waals surface area contributed by atoms with Crippen LogP contribution >= 0.6 is 0 Å². The van der Waals surface area contributed by atoms with Gasteiger partial charge in [0.1, 0.15) is 6.61 Å². The van der Waals surface area contributed by atoms with Gasteiger partial charge in [0.05, 0.1) is 11.6 Å². The minimum atomic E-state index is -0.138. The zero-order chi connectivity index (χ0) is 15.5. The molecule has 0 amide bonds. The van der Waals surface area contributed by atoms with Gasteiger partial charge in [0.2, 0.25) is 5.90 Å². The van der Waals surface area contributed by atoms with E-state index in [4.69, 9.17) is 14.5 Å². The van der Waals surface area contributed by atoms with Crippen LogP contribution in [0.2, 0.25) is 0 Å². The molecule has 0 aliphatic carbocycles. The standard InChI is InChI=1S/C18H27NO2/c1-6-7-11-20-14(3)15-10-8-9-13(2)16(15)17-19-18(4,5)12-21-17/h8-10,14H,6-7,11-12H2,1-5H3. The third-order valence-electron chi connectivity index (χ3n) is 3.79. The van der Waals surface area contributed by atoms with Crippen molar-refractivity contribution in [1.29, 1.82) is 0 Å². The zero-order valence-corrected chi connectivity index (χ0v) is 13.9. The fourth-order valence-corrected chi connectivity index (χ4v) is 2.53. The summed E-state index contributed by atoms with van der Waals surface area (Å²) in [7, 11) is 0. The highest BCUT2D eigenvalue weighted by molar-refractivity contribution is 5.98. The highest BCUT2D eigenvalue weighted by Gasteiger charge is 2.29. The first kappa shape index (κ1) is 16.0. The average Bonchev–Trinajstić information content (AvgIpc) is 2.78. The fourth-order valence-electron chi connectivity index (χ4n) is 2.53. The first-order valence-corrected chi connectivity index (χ1v) is 7.89. The van der Waals surface area contributed by atoms with Crippen molar-refractivity contribution in [1.82, 2.24) is 0 Å². The molecular formula is C18H27NO2. The Morgan fingerprint density at radius 2 is 2.14 bits per heavy atom. The van der Waals surface area contributed by atoms with E-state index in [9.17, 15) is 0 Å². The number of rotatable bonds is 6. The van der Waals surface area contributed by atoms with Gasteiger partial charge in [-0.15, -0.1) is 0 Å². The van der Waals surface area contributed by atoms with E-state index in [0.717, 1.165) is 30.9 Å². The quantitative estimate of drug-likeness (QED) is 0.725. The largest absolute Gasteiger partial charge is 0.475 e. The van der Waals surface area contributed by atoms with Crippen molar-refractivity contribution in [3.05, 3.63) is 34.9 Å². The minimum Gasteiger partial charge on any atom is -0.475 e. The summed E-state index contributed by atoms with van der Waals surface area (Å²) in [6.45, 7) is 12.0. The Balaban J connectivity index is 2.29. The predicted molar refractivity (Wildman–Crippen MR) is 87.0 cm³/mol. The molecule has 0 fully saturated rings. The van der Waals surface area contributed by atoms with Crippen molar-refractivity contribution in [2.75, 3.05) is 13.2 Å². The summed E-state index contributed by atoms with van der Waals surface area (Å²) in [6.07, 6.45) is 2.30. The maximum absolute atomic E-state index is 5.97. The maximum Gasteiger partial charge on any atom is 0.217 e. The minimum absolute atomic E-state index is 0.0569. The molecule has 0 bridgehead atoms. The van der Waals surface area contributed by atoms with Crippen LogP contribution in [0.3, 0.4) is 0 Å². The van der Waals surface area contributed by atoms with E-state index in [1.807, 2.05) is 0 Å². The Morgan fingerprint density at radius 1 is 1.38 bits per heavy atom. The van der Waals surface area contributed by atoms with Gasteiger partial charge in [-0.25, -0.2) is 4.99 Å². The van der Waals surface area contributed by atoms with E-state index in [-0.39, 0.29) is 11.6 Å². The smallest absolute Gasteiger partial charge is 0.217 e. The molecule has 0 saturated carbocycles. The third kappa shape index (κ3) is 3.85. The van der Waals surface area contributed by atoms with E-state index in [1.165, 1.54) is 11.1 Å². The summed E-state index contributed by atoms with van der Waals surface area (Å²) in [5, 5.41) is 0. The first-order valence-electron chi connectivity index (χ1n) is 7.89. The Labute approximate surface area is 128 Å². The van der Waals surface area contributed by atoms with Crippen LogP contribution in [0.25, 0.3) is 0 Å². The molecular weight excluding hydrogens is 262 g/mol. The van der Waals surface area contributed by atoms with Gasteiger partial charge in [-0.2, -0.15) is 0 Å². The van der Waals surface area contributed by atoms with Crippen molar-refractivity contribution in [2.24, 2.45) is 4.99 Å². The fraction of sp³-hybridized carbons (Fsp3) is 0.611. The lowest BCUT2D eigenvalue weighted by atomic mass is 9.98. The lowest BCUT2D eigenvalue weighted by molar-refractivity contribution is 0.0634. The number of aryl methyl sites for hydroxylation is 1. The zero-order valence-electron chi connectivity index (χ0n) is 13.9. The molecule has 2 rings (SSSR count). The van der Waals surface area contributed by atoms with Crippen LogP contribution in [0, 0.1) is 6.92 Å². The average molecular weight is 289 g/mol. The number of nitrogens with zero attached hydrogens (tertiary/aromatic N) is 1. The number of hydrogen-bond acceptors (Lipinski definition) is 3. The van der Waals surface area contributed by atoms with Crippen LogP contribution in [0.1, 0.15) is 63.3 Å². The summed E-state index contributed by atoms with van der Waals surface area (Å²) in [6, 6.07) is 6.31. The van der Waals surface area contributed by atoms with E-state index >= 15 is 0 Å². The van der Waals surface area contributed by atoms with Crippen LogP contribution in [-0.4, -0.2) is 24.7 Å². The molecule has 0 spiro atoms. The molecule has 0 aromatic heterocycles. The van der Waals surface area contributed by atoms with Crippen LogP contribution in [0.4, 0.5) is 0 Å². The van der Waals surface area contributed by atoms with Crippen molar-refractivity contribution in [3.8, 4) is 0 Å². The molecule has 1 unspecified atom stereocenters. The van der Waals surface area contributed by atoms with E-state index in [2.05, 4.69) is 52.8 Å². The Kier molecular flexibility index (Phi) is 5.04. The number of unbranched alkanes of at least 4 members (excludes halogenated alkanes) is 1. The van der Waals surface area contributed by atoms with Gasteiger partial charge in [-0.1, -0.05) is 31.5 Å². The van der Waals surface area contributed by atoms with Crippen LogP contribution < -0.4 is 0 Å². The predicted octanol–water partition coefficient (Wildman–Crippen LogP) is 4.43. The van der Waals surface area contributed by atoms with Gasteiger partial charge >= 0.3 is 0 Å². The van der Waals surface area contributed by atoms with Crippen LogP contribution in [-0.2, 0) is 9.47 Å². The summed E-state index contributed by atoms with van der Waals surface area (Å²) in [5.74, 6) is 0.763. The molecule has 3 heteroatoms. The number of hydrogen-bond donors (Lipinski definition) is 0. The number of ether oxygens (including phenoxy) is 2.